The molecule has 0 saturated carbocycles. The van der Waals surface area contributed by atoms with Gasteiger partial charge in [0.25, 0.3) is 11.4 Å². The van der Waals surface area contributed by atoms with Gasteiger partial charge < -0.3 is 14.8 Å². The molecule has 3 rings (SSSR count). The summed E-state index contributed by atoms with van der Waals surface area (Å²) in [4.78, 5) is 20.5. The highest BCUT2D eigenvalue weighted by Gasteiger charge is 2.25. The lowest BCUT2D eigenvalue weighted by Crippen LogP contribution is -2.44. The average molecular weight is 340 g/mol. The van der Waals surface area contributed by atoms with Gasteiger partial charge in [-0.25, -0.2) is 0 Å². The summed E-state index contributed by atoms with van der Waals surface area (Å²) in [6, 6.07) is 1.77. The highest BCUT2D eigenvalue weighted by Crippen LogP contribution is 2.22. The molecule has 1 saturated heterocycles. The zero-order chi connectivity index (χ0) is 14.1. The van der Waals surface area contributed by atoms with Crippen LogP contribution in [-0.4, -0.2) is 46.7 Å². The molecule has 2 aromatic heterocycles. The SMILES string of the molecule is CN1CCNCC1c1noc(-c2c[nH]c(=O)c(Br)c2)n1. The number of H-pyrrole nitrogens is 1. The molecule has 0 aromatic carbocycles. The van der Waals surface area contributed by atoms with Crippen LogP contribution in [0.5, 0.6) is 0 Å². The first kappa shape index (κ1) is 13.5. The van der Waals surface area contributed by atoms with Crippen molar-refractivity contribution in [2.24, 2.45) is 0 Å². The number of pyridine rings is 1. The second kappa shape index (κ2) is 5.47. The second-order valence-electron chi connectivity index (χ2n) is 4.72. The lowest BCUT2D eigenvalue weighted by Gasteiger charge is -2.30. The highest BCUT2D eigenvalue weighted by atomic mass is 79.9. The van der Waals surface area contributed by atoms with Crippen LogP contribution >= 0.6 is 15.9 Å². The van der Waals surface area contributed by atoms with Crippen LogP contribution in [0.4, 0.5) is 0 Å². The van der Waals surface area contributed by atoms with E-state index in [2.05, 4.69) is 41.3 Å². The van der Waals surface area contributed by atoms with Gasteiger partial charge in [-0.05, 0) is 29.0 Å². The Balaban J connectivity index is 1.89. The van der Waals surface area contributed by atoms with E-state index in [-0.39, 0.29) is 11.6 Å². The molecular weight excluding hydrogens is 326 g/mol. The van der Waals surface area contributed by atoms with E-state index in [0.29, 0.717) is 21.8 Å². The topological polar surface area (TPSA) is 87.0 Å². The van der Waals surface area contributed by atoms with Crippen molar-refractivity contribution >= 4 is 15.9 Å². The molecule has 1 atom stereocenters. The predicted octanol–water partition coefficient (Wildman–Crippen LogP) is 0.763. The van der Waals surface area contributed by atoms with Crippen LogP contribution in [0.1, 0.15) is 11.9 Å². The molecule has 3 heterocycles. The summed E-state index contributed by atoms with van der Waals surface area (Å²) in [5, 5.41) is 7.35. The Hall–Kier alpha value is -1.51. The van der Waals surface area contributed by atoms with E-state index in [1.807, 2.05) is 7.05 Å². The quantitative estimate of drug-likeness (QED) is 0.840. The van der Waals surface area contributed by atoms with Crippen LogP contribution in [-0.2, 0) is 0 Å². The number of likely N-dealkylation sites (N-methyl/N-ethyl adjacent to an activating group) is 1. The third-order valence-corrected chi connectivity index (χ3v) is 3.94. The maximum absolute atomic E-state index is 11.3. The minimum Gasteiger partial charge on any atom is -0.334 e. The standard InChI is InChI=1S/C12H14BrN5O2/c1-18-3-2-14-6-9(18)10-16-12(20-17-10)7-4-8(13)11(19)15-5-7/h4-5,9,14H,2-3,6H2,1H3,(H,15,19). The third-order valence-electron chi connectivity index (χ3n) is 3.36. The summed E-state index contributed by atoms with van der Waals surface area (Å²) < 4.78 is 5.72. The number of aromatic amines is 1. The number of piperazine rings is 1. The fourth-order valence-electron chi connectivity index (χ4n) is 2.16. The Kier molecular flexibility index (Phi) is 3.68. The first-order chi connectivity index (χ1) is 9.65. The first-order valence-electron chi connectivity index (χ1n) is 6.28. The van der Waals surface area contributed by atoms with Crippen molar-refractivity contribution < 1.29 is 4.52 Å². The van der Waals surface area contributed by atoms with Gasteiger partial charge in [0, 0.05) is 25.8 Å². The number of nitrogens with one attached hydrogen (secondary N) is 2. The predicted molar refractivity (Wildman–Crippen MR) is 76.3 cm³/mol. The molecule has 8 heteroatoms. The van der Waals surface area contributed by atoms with Crippen LogP contribution in [0, 0.1) is 0 Å². The monoisotopic (exact) mass is 339 g/mol. The van der Waals surface area contributed by atoms with Crippen molar-refractivity contribution in [3.63, 3.8) is 0 Å². The lowest BCUT2D eigenvalue weighted by atomic mass is 10.2. The van der Waals surface area contributed by atoms with Crippen LogP contribution < -0.4 is 10.9 Å². The molecule has 0 aliphatic carbocycles. The summed E-state index contributed by atoms with van der Waals surface area (Å²) in [6.45, 7) is 2.70. The summed E-state index contributed by atoms with van der Waals surface area (Å²) in [5.41, 5.74) is 0.492. The van der Waals surface area contributed by atoms with Crippen LogP contribution in [0.15, 0.2) is 26.1 Å². The average Bonchev–Trinajstić information content (AvgIpc) is 2.92. The van der Waals surface area contributed by atoms with Gasteiger partial charge in [0.15, 0.2) is 5.82 Å². The molecule has 1 fully saturated rings. The first-order valence-corrected chi connectivity index (χ1v) is 7.07. The molecule has 0 radical (unpaired) electrons. The van der Waals surface area contributed by atoms with Crippen molar-refractivity contribution in [2.45, 2.75) is 6.04 Å². The fraction of sp³-hybridized carbons (Fsp3) is 0.417. The number of aromatic nitrogens is 3. The Morgan fingerprint density at radius 2 is 2.40 bits per heavy atom. The summed E-state index contributed by atoms with van der Waals surface area (Å²) >= 11 is 3.18. The smallest absolute Gasteiger partial charge is 0.262 e. The minimum atomic E-state index is -0.190. The van der Waals surface area contributed by atoms with E-state index in [1.165, 1.54) is 0 Å². The summed E-state index contributed by atoms with van der Waals surface area (Å²) in [6.07, 6.45) is 1.56. The summed E-state index contributed by atoms with van der Waals surface area (Å²) in [7, 11) is 2.04. The number of hydrogen-bond acceptors (Lipinski definition) is 6. The molecule has 1 aliphatic heterocycles. The molecule has 1 aliphatic rings. The Morgan fingerprint density at radius 1 is 1.55 bits per heavy atom. The number of hydrogen-bond donors (Lipinski definition) is 2. The Labute approximate surface area is 123 Å². The van der Waals surface area contributed by atoms with Crippen molar-refractivity contribution in [3.05, 3.63) is 32.9 Å². The molecule has 2 N–H and O–H groups in total. The zero-order valence-electron chi connectivity index (χ0n) is 10.9. The number of nitrogens with zero attached hydrogens (tertiary/aromatic N) is 3. The van der Waals surface area contributed by atoms with Gasteiger partial charge in [-0.3, -0.25) is 9.69 Å². The third kappa shape index (κ3) is 2.54. The molecule has 0 bridgehead atoms. The molecule has 1 unspecified atom stereocenters. The molecule has 7 nitrogen and oxygen atoms in total. The molecule has 0 spiro atoms. The van der Waals surface area contributed by atoms with Crippen LogP contribution in [0.3, 0.4) is 0 Å². The van der Waals surface area contributed by atoms with E-state index >= 15 is 0 Å². The van der Waals surface area contributed by atoms with Crippen molar-refractivity contribution in [2.75, 3.05) is 26.7 Å². The van der Waals surface area contributed by atoms with Gasteiger partial charge >= 0.3 is 0 Å². The van der Waals surface area contributed by atoms with Gasteiger partial charge in [-0.2, -0.15) is 4.98 Å². The van der Waals surface area contributed by atoms with E-state index in [4.69, 9.17) is 4.52 Å². The molecule has 20 heavy (non-hydrogen) atoms. The summed E-state index contributed by atoms with van der Waals surface area (Å²) in [5.74, 6) is 1.05. The van der Waals surface area contributed by atoms with E-state index < -0.39 is 0 Å². The second-order valence-corrected chi connectivity index (χ2v) is 5.58. The Bertz CT molecular complexity index is 668. The molecule has 106 valence electrons. The van der Waals surface area contributed by atoms with E-state index in [1.54, 1.807) is 12.3 Å². The maximum Gasteiger partial charge on any atom is 0.262 e. The van der Waals surface area contributed by atoms with E-state index in [9.17, 15) is 4.79 Å². The van der Waals surface area contributed by atoms with Gasteiger partial charge in [0.05, 0.1) is 16.1 Å². The van der Waals surface area contributed by atoms with Gasteiger partial charge in [0.2, 0.25) is 0 Å². The lowest BCUT2D eigenvalue weighted by molar-refractivity contribution is 0.190. The minimum absolute atomic E-state index is 0.104. The fourth-order valence-corrected chi connectivity index (χ4v) is 2.52. The van der Waals surface area contributed by atoms with Crippen molar-refractivity contribution in [1.29, 1.82) is 0 Å². The Morgan fingerprint density at radius 3 is 3.15 bits per heavy atom. The molecular formula is C12H14BrN5O2. The largest absolute Gasteiger partial charge is 0.334 e. The van der Waals surface area contributed by atoms with Gasteiger partial charge in [-0.15, -0.1) is 0 Å². The normalized spacial score (nSPS) is 20.2. The van der Waals surface area contributed by atoms with Crippen LogP contribution in [0.2, 0.25) is 0 Å². The number of halogens is 1. The zero-order valence-corrected chi connectivity index (χ0v) is 12.5. The van der Waals surface area contributed by atoms with Gasteiger partial charge in [-0.1, -0.05) is 5.16 Å². The molecule has 0 amide bonds. The van der Waals surface area contributed by atoms with Gasteiger partial charge in [0.1, 0.15) is 0 Å². The molecule has 2 aromatic rings. The van der Waals surface area contributed by atoms with Crippen molar-refractivity contribution in [1.82, 2.24) is 25.3 Å². The van der Waals surface area contributed by atoms with E-state index in [0.717, 1.165) is 19.6 Å². The van der Waals surface area contributed by atoms with Crippen molar-refractivity contribution in [3.8, 4) is 11.5 Å². The van der Waals surface area contributed by atoms with Crippen LogP contribution in [0.25, 0.3) is 11.5 Å². The highest BCUT2D eigenvalue weighted by molar-refractivity contribution is 9.10. The maximum atomic E-state index is 11.3. The number of rotatable bonds is 2.